The Bertz CT molecular complexity index is 453. The lowest BCUT2D eigenvalue weighted by molar-refractivity contribution is 0.870. The number of aryl methyl sites for hydroxylation is 1. The third-order valence-electron chi connectivity index (χ3n) is 1.73. The van der Waals surface area contributed by atoms with E-state index in [1.807, 2.05) is 19.4 Å². The Labute approximate surface area is 104 Å². The molecule has 0 fully saturated rings. The number of aromatic nitrogens is 3. The maximum absolute atomic E-state index is 4.33. The van der Waals surface area contributed by atoms with Crippen molar-refractivity contribution in [3.63, 3.8) is 0 Å². The summed E-state index contributed by atoms with van der Waals surface area (Å²) in [5.41, 5.74) is 0. The van der Waals surface area contributed by atoms with Gasteiger partial charge in [-0.25, -0.2) is 4.98 Å². The van der Waals surface area contributed by atoms with Crippen LogP contribution in [-0.2, 0) is 6.54 Å². The zero-order valence-corrected chi connectivity index (χ0v) is 11.5. The molecule has 0 bridgehead atoms. The van der Waals surface area contributed by atoms with Crippen LogP contribution in [0.15, 0.2) is 9.98 Å². The van der Waals surface area contributed by atoms with Gasteiger partial charge in [0.2, 0.25) is 0 Å². The van der Waals surface area contributed by atoms with Gasteiger partial charge in [0.15, 0.2) is 5.13 Å². The molecule has 0 unspecified atom stereocenters. The Hall–Kier alpha value is -0.530. The standard InChI is InChI=1S/C8H9BrN4S2/c1-5-11-12-7(15-5)3-13(2)8-10-6(9)4-14-8/h4H,3H2,1-2H3. The average Bonchev–Trinajstić information content (AvgIpc) is 2.75. The lowest BCUT2D eigenvalue weighted by atomic mass is 10.6. The normalized spacial score (nSPS) is 10.6. The van der Waals surface area contributed by atoms with Gasteiger partial charge in [-0.2, -0.15) is 0 Å². The third-order valence-corrected chi connectivity index (χ3v) is 4.22. The Morgan fingerprint density at radius 2 is 2.27 bits per heavy atom. The number of halogens is 1. The van der Waals surface area contributed by atoms with E-state index in [9.17, 15) is 0 Å². The molecule has 0 aromatic carbocycles. The Balaban J connectivity index is 2.06. The summed E-state index contributed by atoms with van der Waals surface area (Å²) in [6.07, 6.45) is 0. The monoisotopic (exact) mass is 304 g/mol. The fourth-order valence-corrected chi connectivity index (χ4v) is 3.07. The molecule has 80 valence electrons. The molecule has 0 spiro atoms. The summed E-state index contributed by atoms with van der Waals surface area (Å²) >= 11 is 6.56. The molecule has 2 heterocycles. The van der Waals surface area contributed by atoms with Crippen LogP contribution in [0.4, 0.5) is 5.13 Å². The van der Waals surface area contributed by atoms with E-state index < -0.39 is 0 Å². The van der Waals surface area contributed by atoms with E-state index in [1.165, 1.54) is 0 Å². The lowest BCUT2D eigenvalue weighted by Gasteiger charge is -2.12. The van der Waals surface area contributed by atoms with E-state index in [0.29, 0.717) is 0 Å². The van der Waals surface area contributed by atoms with Gasteiger partial charge >= 0.3 is 0 Å². The van der Waals surface area contributed by atoms with Crippen LogP contribution in [0.3, 0.4) is 0 Å². The van der Waals surface area contributed by atoms with Gasteiger partial charge < -0.3 is 4.90 Å². The fraction of sp³-hybridized carbons (Fsp3) is 0.375. The molecule has 2 rings (SSSR count). The third kappa shape index (κ3) is 2.73. The first kappa shape index (κ1) is 11.0. The Morgan fingerprint density at radius 3 is 2.80 bits per heavy atom. The molecule has 0 amide bonds. The van der Waals surface area contributed by atoms with Gasteiger partial charge in [0, 0.05) is 12.4 Å². The highest BCUT2D eigenvalue weighted by Crippen LogP contribution is 2.24. The van der Waals surface area contributed by atoms with Gasteiger partial charge in [-0.05, 0) is 22.9 Å². The first-order chi connectivity index (χ1) is 7.15. The van der Waals surface area contributed by atoms with Crippen LogP contribution in [0.1, 0.15) is 10.0 Å². The van der Waals surface area contributed by atoms with Crippen LogP contribution in [0, 0.1) is 6.92 Å². The summed E-state index contributed by atoms with van der Waals surface area (Å²) in [7, 11) is 2.00. The fourth-order valence-electron chi connectivity index (χ4n) is 1.09. The minimum absolute atomic E-state index is 0.755. The highest BCUT2D eigenvalue weighted by atomic mass is 79.9. The predicted molar refractivity (Wildman–Crippen MR) is 66.6 cm³/mol. The maximum atomic E-state index is 4.33. The van der Waals surface area contributed by atoms with Crippen molar-refractivity contribution in [2.24, 2.45) is 0 Å². The zero-order valence-electron chi connectivity index (χ0n) is 8.27. The molecule has 7 heteroatoms. The van der Waals surface area contributed by atoms with Crippen molar-refractivity contribution >= 4 is 43.7 Å². The van der Waals surface area contributed by atoms with Crippen LogP contribution in [-0.4, -0.2) is 22.2 Å². The molecule has 0 aliphatic carbocycles. The molecule has 0 atom stereocenters. The molecular weight excluding hydrogens is 296 g/mol. The molecule has 0 N–H and O–H groups in total. The molecule has 0 saturated heterocycles. The molecular formula is C8H9BrN4S2. The summed E-state index contributed by atoms with van der Waals surface area (Å²) in [4.78, 5) is 6.40. The van der Waals surface area contributed by atoms with Crippen molar-refractivity contribution in [1.29, 1.82) is 0 Å². The SMILES string of the molecule is Cc1nnc(CN(C)c2nc(Br)cs2)s1. The van der Waals surface area contributed by atoms with Gasteiger partial charge in [0.05, 0.1) is 6.54 Å². The van der Waals surface area contributed by atoms with Crippen molar-refractivity contribution in [2.45, 2.75) is 13.5 Å². The van der Waals surface area contributed by atoms with Gasteiger partial charge in [-0.15, -0.1) is 21.5 Å². The van der Waals surface area contributed by atoms with Crippen LogP contribution in [0.25, 0.3) is 0 Å². The second-order valence-corrected chi connectivity index (χ2v) is 5.94. The van der Waals surface area contributed by atoms with Gasteiger partial charge in [-0.1, -0.05) is 11.3 Å². The first-order valence-electron chi connectivity index (χ1n) is 4.26. The van der Waals surface area contributed by atoms with Crippen LogP contribution in [0.5, 0.6) is 0 Å². The molecule has 15 heavy (non-hydrogen) atoms. The predicted octanol–water partition coefficient (Wildman–Crippen LogP) is 2.70. The zero-order chi connectivity index (χ0) is 10.8. The number of hydrogen-bond acceptors (Lipinski definition) is 6. The summed E-state index contributed by atoms with van der Waals surface area (Å²) in [5.74, 6) is 0. The highest BCUT2D eigenvalue weighted by Gasteiger charge is 2.09. The molecule has 0 radical (unpaired) electrons. The molecule has 0 saturated carbocycles. The van der Waals surface area contributed by atoms with E-state index in [1.54, 1.807) is 22.7 Å². The summed E-state index contributed by atoms with van der Waals surface area (Å²) < 4.78 is 0.878. The van der Waals surface area contributed by atoms with Crippen molar-refractivity contribution in [1.82, 2.24) is 15.2 Å². The second-order valence-electron chi connectivity index (χ2n) is 3.02. The number of nitrogens with zero attached hydrogens (tertiary/aromatic N) is 4. The van der Waals surface area contributed by atoms with E-state index in [0.717, 1.165) is 26.3 Å². The van der Waals surface area contributed by atoms with Crippen LogP contribution >= 0.6 is 38.6 Å². The summed E-state index contributed by atoms with van der Waals surface area (Å²) in [5, 5.41) is 13.0. The van der Waals surface area contributed by atoms with E-state index in [-0.39, 0.29) is 0 Å². The minimum Gasteiger partial charge on any atom is -0.344 e. The van der Waals surface area contributed by atoms with Crippen molar-refractivity contribution in [3.8, 4) is 0 Å². The van der Waals surface area contributed by atoms with Crippen molar-refractivity contribution in [2.75, 3.05) is 11.9 Å². The van der Waals surface area contributed by atoms with E-state index in [2.05, 4.69) is 36.0 Å². The Morgan fingerprint density at radius 1 is 1.47 bits per heavy atom. The first-order valence-corrected chi connectivity index (χ1v) is 6.75. The minimum atomic E-state index is 0.755. The van der Waals surface area contributed by atoms with Crippen molar-refractivity contribution in [3.05, 3.63) is 20.0 Å². The summed E-state index contributed by atoms with van der Waals surface area (Å²) in [6, 6.07) is 0. The molecule has 2 aromatic heterocycles. The molecule has 0 aliphatic heterocycles. The Kier molecular flexibility index (Phi) is 3.32. The second kappa shape index (κ2) is 4.54. The summed E-state index contributed by atoms with van der Waals surface area (Å²) in [6.45, 7) is 2.71. The highest BCUT2D eigenvalue weighted by molar-refractivity contribution is 9.10. The van der Waals surface area contributed by atoms with Gasteiger partial charge in [-0.3, -0.25) is 0 Å². The maximum Gasteiger partial charge on any atom is 0.186 e. The van der Waals surface area contributed by atoms with E-state index in [4.69, 9.17) is 0 Å². The largest absolute Gasteiger partial charge is 0.344 e. The van der Waals surface area contributed by atoms with Gasteiger partial charge in [0.1, 0.15) is 14.6 Å². The molecule has 2 aromatic rings. The topological polar surface area (TPSA) is 41.9 Å². The average molecular weight is 305 g/mol. The molecule has 0 aliphatic rings. The van der Waals surface area contributed by atoms with Gasteiger partial charge in [0.25, 0.3) is 0 Å². The molecule has 4 nitrogen and oxygen atoms in total. The number of hydrogen-bond donors (Lipinski definition) is 0. The number of rotatable bonds is 3. The lowest BCUT2D eigenvalue weighted by Crippen LogP contribution is -2.15. The quantitative estimate of drug-likeness (QED) is 0.874. The smallest absolute Gasteiger partial charge is 0.186 e. The number of anilines is 1. The number of thiazole rings is 1. The van der Waals surface area contributed by atoms with Crippen LogP contribution in [0.2, 0.25) is 0 Å². The van der Waals surface area contributed by atoms with Crippen LogP contribution < -0.4 is 4.90 Å². The van der Waals surface area contributed by atoms with E-state index >= 15 is 0 Å². The van der Waals surface area contributed by atoms with Crippen molar-refractivity contribution < 1.29 is 0 Å².